The number of aryl methyl sites for hydroxylation is 1. The lowest BCUT2D eigenvalue weighted by molar-refractivity contribution is -0.137. The van der Waals surface area contributed by atoms with E-state index in [1.54, 1.807) is 11.6 Å². The number of hydrogen-bond acceptors (Lipinski definition) is 3. The third-order valence-corrected chi connectivity index (χ3v) is 3.06. The summed E-state index contributed by atoms with van der Waals surface area (Å²) in [5.41, 5.74) is 5.77. The molecule has 2 aromatic rings. The maximum atomic E-state index is 12.6. The van der Waals surface area contributed by atoms with Crippen molar-refractivity contribution in [2.45, 2.75) is 25.2 Å². The van der Waals surface area contributed by atoms with Gasteiger partial charge in [0.1, 0.15) is 5.82 Å². The summed E-state index contributed by atoms with van der Waals surface area (Å²) in [5.74, 6) is 0.351. The van der Waals surface area contributed by atoms with Gasteiger partial charge in [-0.2, -0.15) is 13.2 Å². The van der Waals surface area contributed by atoms with Crippen molar-refractivity contribution in [2.75, 3.05) is 0 Å². The van der Waals surface area contributed by atoms with Crippen LogP contribution in [0.3, 0.4) is 0 Å². The second-order valence-electron chi connectivity index (χ2n) is 4.50. The fourth-order valence-corrected chi connectivity index (χ4v) is 1.91. The molecule has 7 heteroatoms. The number of alkyl halides is 3. The second kappa shape index (κ2) is 4.50. The average Bonchev–Trinajstić information content (AvgIpc) is 2.64. The van der Waals surface area contributed by atoms with E-state index in [2.05, 4.69) is 4.98 Å². The lowest BCUT2D eigenvalue weighted by Crippen LogP contribution is -2.26. The van der Waals surface area contributed by atoms with E-state index in [1.807, 2.05) is 0 Å². The number of aliphatic hydroxyl groups is 1. The average molecular weight is 273 g/mol. The Hall–Kier alpha value is -1.60. The molecule has 1 aromatic heterocycles. The van der Waals surface area contributed by atoms with Crippen LogP contribution in [0.5, 0.6) is 0 Å². The molecular formula is C12H14F3N3O. The van der Waals surface area contributed by atoms with Crippen molar-refractivity contribution in [2.24, 2.45) is 12.8 Å². The standard InChI is InChI=1S/C12H14F3N3O/c1-6(19)10(16)11-17-8-5-7(12(13,14)15)3-4-9(8)18(11)2/h3-6,10,19H,16H2,1-2H3. The highest BCUT2D eigenvalue weighted by Crippen LogP contribution is 2.31. The van der Waals surface area contributed by atoms with Gasteiger partial charge in [0.25, 0.3) is 0 Å². The number of imidazole rings is 1. The third kappa shape index (κ3) is 2.43. The van der Waals surface area contributed by atoms with Gasteiger partial charge in [-0.15, -0.1) is 0 Å². The van der Waals surface area contributed by atoms with Gasteiger partial charge in [-0.1, -0.05) is 0 Å². The van der Waals surface area contributed by atoms with E-state index in [9.17, 15) is 18.3 Å². The molecule has 4 nitrogen and oxygen atoms in total. The molecule has 0 aliphatic rings. The Morgan fingerprint density at radius 2 is 2.00 bits per heavy atom. The smallest absolute Gasteiger partial charge is 0.391 e. The highest BCUT2D eigenvalue weighted by molar-refractivity contribution is 5.77. The van der Waals surface area contributed by atoms with E-state index < -0.39 is 23.9 Å². The molecule has 0 aliphatic carbocycles. The van der Waals surface area contributed by atoms with Gasteiger partial charge in [0.05, 0.1) is 28.7 Å². The molecule has 1 heterocycles. The highest BCUT2D eigenvalue weighted by atomic mass is 19.4. The molecule has 0 radical (unpaired) electrons. The van der Waals surface area contributed by atoms with E-state index in [1.165, 1.54) is 13.0 Å². The highest BCUT2D eigenvalue weighted by Gasteiger charge is 2.31. The number of halogens is 3. The largest absolute Gasteiger partial charge is 0.416 e. The Kier molecular flexibility index (Phi) is 3.27. The summed E-state index contributed by atoms with van der Waals surface area (Å²) in [7, 11) is 1.65. The summed E-state index contributed by atoms with van der Waals surface area (Å²) >= 11 is 0. The fourth-order valence-electron chi connectivity index (χ4n) is 1.91. The summed E-state index contributed by atoms with van der Waals surface area (Å²) in [4.78, 5) is 4.09. The molecule has 2 rings (SSSR count). The van der Waals surface area contributed by atoms with Crippen LogP contribution >= 0.6 is 0 Å². The molecule has 0 bridgehead atoms. The molecule has 2 unspecified atom stereocenters. The SMILES string of the molecule is CC(O)C(N)c1nc2cc(C(F)(F)F)ccc2n1C. The van der Waals surface area contributed by atoms with Crippen LogP contribution in [0.25, 0.3) is 11.0 Å². The van der Waals surface area contributed by atoms with Gasteiger partial charge in [0, 0.05) is 7.05 Å². The van der Waals surface area contributed by atoms with E-state index in [-0.39, 0.29) is 5.52 Å². The number of benzene rings is 1. The molecular weight excluding hydrogens is 259 g/mol. The fraction of sp³-hybridized carbons (Fsp3) is 0.417. The summed E-state index contributed by atoms with van der Waals surface area (Å²) < 4.78 is 39.4. The quantitative estimate of drug-likeness (QED) is 0.879. The second-order valence-corrected chi connectivity index (χ2v) is 4.50. The molecule has 2 atom stereocenters. The number of nitrogens with two attached hydrogens (primary N) is 1. The Bertz CT molecular complexity index is 604. The first kappa shape index (κ1) is 13.8. The molecule has 104 valence electrons. The molecule has 0 aliphatic heterocycles. The summed E-state index contributed by atoms with van der Waals surface area (Å²) in [6, 6.07) is 2.59. The molecule has 0 fully saturated rings. The van der Waals surface area contributed by atoms with E-state index in [4.69, 9.17) is 5.73 Å². The van der Waals surface area contributed by atoms with Crippen LogP contribution in [-0.4, -0.2) is 20.8 Å². The van der Waals surface area contributed by atoms with Gasteiger partial charge in [0.2, 0.25) is 0 Å². The van der Waals surface area contributed by atoms with Gasteiger partial charge in [-0.05, 0) is 25.1 Å². The van der Waals surface area contributed by atoms with Crippen molar-refractivity contribution < 1.29 is 18.3 Å². The number of aromatic nitrogens is 2. The van der Waals surface area contributed by atoms with Gasteiger partial charge < -0.3 is 15.4 Å². The third-order valence-electron chi connectivity index (χ3n) is 3.06. The predicted molar refractivity (Wildman–Crippen MR) is 64.3 cm³/mol. The number of rotatable bonds is 2. The zero-order valence-electron chi connectivity index (χ0n) is 10.4. The minimum atomic E-state index is -4.40. The maximum Gasteiger partial charge on any atom is 0.416 e. The Labute approximate surface area is 107 Å². The molecule has 0 spiro atoms. The Balaban J connectivity index is 2.57. The van der Waals surface area contributed by atoms with Crippen LogP contribution in [0.2, 0.25) is 0 Å². The molecule has 1 aromatic carbocycles. The molecule has 0 saturated heterocycles. The Morgan fingerprint density at radius 3 is 2.53 bits per heavy atom. The maximum absolute atomic E-state index is 12.6. The topological polar surface area (TPSA) is 64.1 Å². The molecule has 0 saturated carbocycles. The van der Waals surface area contributed by atoms with Gasteiger partial charge in [-0.3, -0.25) is 0 Å². The van der Waals surface area contributed by atoms with Gasteiger partial charge in [0.15, 0.2) is 0 Å². The zero-order chi connectivity index (χ0) is 14.4. The van der Waals surface area contributed by atoms with Crippen molar-refractivity contribution in [1.29, 1.82) is 0 Å². The lowest BCUT2D eigenvalue weighted by Gasteiger charge is -2.14. The summed E-state index contributed by atoms with van der Waals surface area (Å²) in [5, 5.41) is 9.45. The van der Waals surface area contributed by atoms with Crippen LogP contribution in [0, 0.1) is 0 Å². The minimum Gasteiger partial charge on any atom is -0.391 e. The number of fused-ring (bicyclic) bond motifs is 1. The van der Waals surface area contributed by atoms with Gasteiger partial charge >= 0.3 is 6.18 Å². The number of nitrogens with zero attached hydrogens (tertiary/aromatic N) is 2. The molecule has 0 amide bonds. The minimum absolute atomic E-state index is 0.212. The summed E-state index contributed by atoms with van der Waals surface area (Å²) in [6.07, 6.45) is -5.24. The van der Waals surface area contributed by atoms with Crippen LogP contribution < -0.4 is 5.73 Å². The van der Waals surface area contributed by atoms with Crippen molar-refractivity contribution in [1.82, 2.24) is 9.55 Å². The first-order valence-corrected chi connectivity index (χ1v) is 5.69. The van der Waals surface area contributed by atoms with E-state index in [0.717, 1.165) is 12.1 Å². The number of hydrogen-bond donors (Lipinski definition) is 2. The Morgan fingerprint density at radius 1 is 1.37 bits per heavy atom. The summed E-state index contributed by atoms with van der Waals surface area (Å²) in [6.45, 7) is 1.51. The van der Waals surface area contributed by atoms with Crippen LogP contribution in [0.4, 0.5) is 13.2 Å². The van der Waals surface area contributed by atoms with Crippen molar-refractivity contribution in [3.8, 4) is 0 Å². The first-order chi connectivity index (χ1) is 8.71. The molecule has 19 heavy (non-hydrogen) atoms. The number of aliphatic hydroxyl groups excluding tert-OH is 1. The normalized spacial score (nSPS) is 15.7. The van der Waals surface area contributed by atoms with E-state index >= 15 is 0 Å². The lowest BCUT2D eigenvalue weighted by atomic mass is 10.2. The first-order valence-electron chi connectivity index (χ1n) is 5.69. The zero-order valence-corrected chi connectivity index (χ0v) is 10.4. The van der Waals surface area contributed by atoms with Crippen LogP contribution in [0.1, 0.15) is 24.4 Å². The van der Waals surface area contributed by atoms with Crippen molar-refractivity contribution in [3.05, 3.63) is 29.6 Å². The van der Waals surface area contributed by atoms with Crippen molar-refractivity contribution >= 4 is 11.0 Å². The van der Waals surface area contributed by atoms with Crippen LogP contribution in [-0.2, 0) is 13.2 Å². The van der Waals surface area contributed by atoms with E-state index in [0.29, 0.717) is 11.3 Å². The van der Waals surface area contributed by atoms with Crippen molar-refractivity contribution in [3.63, 3.8) is 0 Å². The van der Waals surface area contributed by atoms with Gasteiger partial charge in [-0.25, -0.2) is 4.98 Å². The monoisotopic (exact) mass is 273 g/mol. The predicted octanol–water partition coefficient (Wildman–Crippen LogP) is 1.97. The van der Waals surface area contributed by atoms with Crippen LogP contribution in [0.15, 0.2) is 18.2 Å². The molecule has 3 N–H and O–H groups in total.